The molecule has 6 nitrogen and oxygen atoms in total. The number of aromatic nitrogens is 4. The molecule has 0 spiro atoms. The van der Waals surface area contributed by atoms with Crippen molar-refractivity contribution in [3.63, 3.8) is 0 Å². The van der Waals surface area contributed by atoms with Crippen LogP contribution < -0.4 is 5.32 Å². The lowest BCUT2D eigenvalue weighted by atomic mass is 10.1. The number of rotatable bonds is 4. The van der Waals surface area contributed by atoms with Crippen molar-refractivity contribution >= 4 is 22.8 Å². The first-order valence-electron chi connectivity index (χ1n) is 8.04. The van der Waals surface area contributed by atoms with E-state index in [4.69, 9.17) is 0 Å². The zero-order valence-corrected chi connectivity index (χ0v) is 14.3. The first kappa shape index (κ1) is 16.1. The smallest absolute Gasteiger partial charge is 0.258 e. The Morgan fingerprint density at radius 2 is 2.00 bits per heavy atom. The monoisotopic (exact) mass is 323 g/mol. The molecule has 0 bridgehead atoms. The molecule has 3 aromatic heterocycles. The Morgan fingerprint density at radius 1 is 1.21 bits per heavy atom. The van der Waals surface area contributed by atoms with Gasteiger partial charge in [0.05, 0.1) is 23.5 Å². The zero-order chi connectivity index (χ0) is 17.3. The second-order valence-corrected chi connectivity index (χ2v) is 6.27. The minimum absolute atomic E-state index is 0.190. The Bertz CT molecular complexity index is 884. The molecule has 0 unspecified atom stereocenters. The summed E-state index contributed by atoms with van der Waals surface area (Å²) in [4.78, 5) is 21.3. The van der Waals surface area contributed by atoms with Gasteiger partial charge < -0.3 is 5.32 Å². The molecule has 0 aliphatic heterocycles. The molecule has 0 radical (unpaired) electrons. The molecule has 1 atom stereocenters. The van der Waals surface area contributed by atoms with Gasteiger partial charge >= 0.3 is 0 Å². The topological polar surface area (TPSA) is 72.7 Å². The van der Waals surface area contributed by atoms with E-state index in [1.807, 2.05) is 35.9 Å². The summed E-state index contributed by atoms with van der Waals surface area (Å²) in [5, 5.41) is 8.13. The predicted molar refractivity (Wildman–Crippen MR) is 94.0 cm³/mol. The van der Waals surface area contributed by atoms with Crippen LogP contribution in [-0.4, -0.2) is 25.7 Å². The van der Waals surface area contributed by atoms with Crippen LogP contribution >= 0.6 is 0 Å². The van der Waals surface area contributed by atoms with E-state index in [9.17, 15) is 4.79 Å². The molecule has 1 amide bonds. The van der Waals surface area contributed by atoms with Crippen molar-refractivity contribution in [1.29, 1.82) is 0 Å². The Hall–Kier alpha value is -2.76. The van der Waals surface area contributed by atoms with Crippen LogP contribution in [0.25, 0.3) is 11.0 Å². The summed E-state index contributed by atoms with van der Waals surface area (Å²) in [7, 11) is 0. The number of hydrogen-bond acceptors (Lipinski definition) is 4. The van der Waals surface area contributed by atoms with E-state index in [1.54, 1.807) is 12.4 Å². The summed E-state index contributed by atoms with van der Waals surface area (Å²) in [5.41, 5.74) is 1.84. The maximum atomic E-state index is 12.7. The van der Waals surface area contributed by atoms with Gasteiger partial charge in [0.25, 0.3) is 5.91 Å². The van der Waals surface area contributed by atoms with Gasteiger partial charge in [-0.2, -0.15) is 5.10 Å². The Balaban J connectivity index is 1.91. The number of aryl methyl sites for hydroxylation is 1. The normalized spacial score (nSPS) is 12.5. The van der Waals surface area contributed by atoms with Crippen molar-refractivity contribution in [3.05, 3.63) is 47.9 Å². The van der Waals surface area contributed by atoms with Gasteiger partial charge in [0.15, 0.2) is 5.65 Å². The second-order valence-electron chi connectivity index (χ2n) is 6.27. The van der Waals surface area contributed by atoms with E-state index in [-0.39, 0.29) is 11.9 Å². The maximum absolute atomic E-state index is 12.7. The zero-order valence-electron chi connectivity index (χ0n) is 14.3. The van der Waals surface area contributed by atoms with Crippen molar-refractivity contribution in [2.75, 3.05) is 5.32 Å². The predicted octanol–water partition coefficient (Wildman–Crippen LogP) is 3.60. The minimum atomic E-state index is -0.191. The quantitative estimate of drug-likeness (QED) is 0.796. The summed E-state index contributed by atoms with van der Waals surface area (Å²) >= 11 is 0. The third-order valence-corrected chi connectivity index (χ3v) is 4.29. The number of nitrogens with one attached hydrogen (secondary N) is 1. The van der Waals surface area contributed by atoms with Crippen LogP contribution in [0, 0.1) is 12.8 Å². The lowest BCUT2D eigenvalue weighted by Gasteiger charge is -2.19. The molecule has 3 heterocycles. The molecule has 1 N–H and O–H groups in total. The maximum Gasteiger partial charge on any atom is 0.258 e. The van der Waals surface area contributed by atoms with E-state index in [1.165, 1.54) is 0 Å². The highest BCUT2D eigenvalue weighted by molar-refractivity contribution is 6.06. The first-order chi connectivity index (χ1) is 11.5. The number of fused-ring (bicyclic) bond motifs is 1. The number of hydrogen-bond donors (Lipinski definition) is 1. The van der Waals surface area contributed by atoms with Crippen molar-refractivity contribution in [3.8, 4) is 0 Å². The average molecular weight is 323 g/mol. The van der Waals surface area contributed by atoms with E-state index in [2.05, 4.69) is 41.2 Å². The Morgan fingerprint density at radius 3 is 2.75 bits per heavy atom. The number of carbonyl (C=O) groups is 1. The molecule has 3 aromatic rings. The Labute approximate surface area is 140 Å². The number of amides is 1. The number of anilines is 1. The molecule has 0 aromatic carbocycles. The van der Waals surface area contributed by atoms with Crippen molar-refractivity contribution in [1.82, 2.24) is 19.7 Å². The van der Waals surface area contributed by atoms with Crippen LogP contribution in [0.15, 0.2) is 36.7 Å². The van der Waals surface area contributed by atoms with Gasteiger partial charge in [-0.3, -0.25) is 4.79 Å². The third-order valence-electron chi connectivity index (χ3n) is 4.29. The van der Waals surface area contributed by atoms with Crippen LogP contribution in [0.5, 0.6) is 0 Å². The summed E-state index contributed by atoms with van der Waals surface area (Å²) in [5.74, 6) is 0.908. The van der Waals surface area contributed by atoms with Crippen LogP contribution in [-0.2, 0) is 0 Å². The fourth-order valence-electron chi connectivity index (χ4n) is 2.53. The fourth-order valence-corrected chi connectivity index (χ4v) is 2.53. The SMILES string of the molecule is Cc1nc2ncccc2cc1C(=O)Nc1ccnn1[C@@H](C)C(C)C. The van der Waals surface area contributed by atoms with Crippen LogP contribution in [0.4, 0.5) is 5.82 Å². The van der Waals surface area contributed by atoms with Crippen LogP contribution in [0.2, 0.25) is 0 Å². The molecule has 0 fully saturated rings. The van der Waals surface area contributed by atoms with E-state index in [0.717, 1.165) is 5.39 Å². The standard InChI is InChI=1S/C18H21N5O/c1-11(2)13(4)23-16(7-9-20-23)22-18(24)15-10-14-6-5-8-19-17(14)21-12(15)3/h5-11,13H,1-4H3,(H,22,24)/t13-/m0/s1. The molecule has 124 valence electrons. The Kier molecular flexibility index (Phi) is 4.29. The van der Waals surface area contributed by atoms with Crippen molar-refractivity contribution < 1.29 is 4.79 Å². The molecule has 0 aliphatic carbocycles. The summed E-state index contributed by atoms with van der Waals surface area (Å²) in [6, 6.07) is 7.56. The molecule has 0 saturated heterocycles. The van der Waals surface area contributed by atoms with Gasteiger partial charge in [-0.1, -0.05) is 13.8 Å². The molecular formula is C18H21N5O. The largest absolute Gasteiger partial charge is 0.307 e. The summed E-state index contributed by atoms with van der Waals surface area (Å²) in [6.07, 6.45) is 3.39. The molecule has 6 heteroatoms. The van der Waals surface area contributed by atoms with Crippen molar-refractivity contribution in [2.45, 2.75) is 33.7 Å². The molecule has 0 saturated carbocycles. The lowest BCUT2D eigenvalue weighted by Crippen LogP contribution is -2.20. The van der Waals surface area contributed by atoms with Gasteiger partial charge in [0.2, 0.25) is 0 Å². The van der Waals surface area contributed by atoms with Crippen LogP contribution in [0.3, 0.4) is 0 Å². The number of pyridine rings is 2. The van der Waals surface area contributed by atoms with Gasteiger partial charge in [-0.15, -0.1) is 0 Å². The van der Waals surface area contributed by atoms with Gasteiger partial charge in [-0.25, -0.2) is 14.6 Å². The van der Waals surface area contributed by atoms with Gasteiger partial charge in [0, 0.05) is 17.6 Å². The highest BCUT2D eigenvalue weighted by atomic mass is 16.1. The molecule has 24 heavy (non-hydrogen) atoms. The highest BCUT2D eigenvalue weighted by Crippen LogP contribution is 2.22. The highest BCUT2D eigenvalue weighted by Gasteiger charge is 2.17. The summed E-state index contributed by atoms with van der Waals surface area (Å²) < 4.78 is 1.84. The average Bonchev–Trinajstić information content (AvgIpc) is 3.01. The number of nitrogens with zero attached hydrogens (tertiary/aromatic N) is 4. The molecule has 3 rings (SSSR count). The van der Waals surface area contributed by atoms with Gasteiger partial charge in [-0.05, 0) is 38.0 Å². The summed E-state index contributed by atoms with van der Waals surface area (Å²) in [6.45, 7) is 8.16. The fraction of sp³-hybridized carbons (Fsp3) is 0.333. The number of carbonyl (C=O) groups excluding carboxylic acids is 1. The van der Waals surface area contributed by atoms with Crippen LogP contribution in [0.1, 0.15) is 42.9 Å². The third kappa shape index (κ3) is 2.99. The lowest BCUT2D eigenvalue weighted by molar-refractivity contribution is 0.102. The van der Waals surface area contributed by atoms with Gasteiger partial charge in [0.1, 0.15) is 5.82 Å². The van der Waals surface area contributed by atoms with E-state index >= 15 is 0 Å². The van der Waals surface area contributed by atoms with E-state index < -0.39 is 0 Å². The minimum Gasteiger partial charge on any atom is -0.307 e. The first-order valence-corrected chi connectivity index (χ1v) is 8.04. The molecular weight excluding hydrogens is 302 g/mol. The van der Waals surface area contributed by atoms with Crippen molar-refractivity contribution in [2.24, 2.45) is 5.92 Å². The molecule has 0 aliphatic rings. The van der Waals surface area contributed by atoms with E-state index in [0.29, 0.717) is 28.6 Å². The second kappa shape index (κ2) is 6.39.